The van der Waals surface area contributed by atoms with Crippen LogP contribution in [0, 0.1) is 5.92 Å². The Morgan fingerprint density at radius 1 is 1.36 bits per heavy atom. The first kappa shape index (κ1) is 16.5. The van der Waals surface area contributed by atoms with Crippen LogP contribution in [0.3, 0.4) is 0 Å². The van der Waals surface area contributed by atoms with E-state index < -0.39 is 6.04 Å². The molecule has 1 aliphatic heterocycles. The first-order valence-electron chi connectivity index (χ1n) is 7.88. The number of nitrogens with one attached hydrogen (secondary N) is 1. The predicted octanol–water partition coefficient (Wildman–Crippen LogP) is 1.45. The minimum Gasteiger partial charge on any atom is -0.368 e. The zero-order valence-electron chi connectivity index (χ0n) is 13.3. The lowest BCUT2D eigenvalue weighted by Crippen LogP contribution is -2.52. The second-order valence-electron chi connectivity index (χ2n) is 5.94. The van der Waals surface area contributed by atoms with E-state index in [-0.39, 0.29) is 17.9 Å². The third-order valence-corrected chi connectivity index (χ3v) is 4.50. The fraction of sp³-hybridized carbons (Fsp3) is 0.529. The van der Waals surface area contributed by atoms with Crippen LogP contribution >= 0.6 is 0 Å². The number of carbonyl (C=O) groups excluding carboxylic acids is 2. The molecule has 22 heavy (non-hydrogen) atoms. The second kappa shape index (κ2) is 7.40. The van der Waals surface area contributed by atoms with E-state index in [1.54, 1.807) is 6.92 Å². The number of primary amides is 1. The molecule has 1 fully saturated rings. The molecule has 1 aromatic carbocycles. The fourth-order valence-electron chi connectivity index (χ4n) is 3.15. The number of hydrogen-bond acceptors (Lipinski definition) is 3. The summed E-state index contributed by atoms with van der Waals surface area (Å²) in [4.78, 5) is 25.3. The molecule has 0 aliphatic carbocycles. The maximum absolute atomic E-state index is 11.8. The van der Waals surface area contributed by atoms with Crippen LogP contribution in [0.2, 0.25) is 0 Å². The molecule has 0 spiro atoms. The van der Waals surface area contributed by atoms with Gasteiger partial charge in [0, 0.05) is 26.1 Å². The topological polar surface area (TPSA) is 75.4 Å². The summed E-state index contributed by atoms with van der Waals surface area (Å²) in [5, 5.41) is 3.42. The van der Waals surface area contributed by atoms with Gasteiger partial charge in [-0.1, -0.05) is 43.7 Å². The van der Waals surface area contributed by atoms with Crippen molar-refractivity contribution in [1.82, 2.24) is 10.2 Å². The van der Waals surface area contributed by atoms with Crippen molar-refractivity contribution in [1.29, 1.82) is 0 Å². The van der Waals surface area contributed by atoms with Crippen molar-refractivity contribution in [3.63, 3.8) is 0 Å². The lowest BCUT2D eigenvalue weighted by molar-refractivity contribution is -0.131. The summed E-state index contributed by atoms with van der Waals surface area (Å²) >= 11 is 0. The monoisotopic (exact) mass is 303 g/mol. The Labute approximate surface area is 131 Å². The molecular weight excluding hydrogens is 278 g/mol. The molecule has 1 heterocycles. The Hall–Kier alpha value is -1.88. The van der Waals surface area contributed by atoms with E-state index in [1.165, 1.54) is 0 Å². The van der Waals surface area contributed by atoms with Crippen molar-refractivity contribution in [3.05, 3.63) is 35.9 Å². The van der Waals surface area contributed by atoms with Gasteiger partial charge in [-0.05, 0) is 17.9 Å². The smallest absolute Gasteiger partial charge is 0.239 e. The summed E-state index contributed by atoms with van der Waals surface area (Å²) in [6.07, 6.45) is 1.80. The highest BCUT2D eigenvalue weighted by Gasteiger charge is 2.32. The van der Waals surface area contributed by atoms with Gasteiger partial charge in [0.25, 0.3) is 0 Å². The maximum atomic E-state index is 11.8. The van der Waals surface area contributed by atoms with Crippen LogP contribution in [-0.2, 0) is 9.59 Å². The summed E-state index contributed by atoms with van der Waals surface area (Å²) in [6.45, 7) is 5.19. The molecule has 3 N–H and O–H groups in total. The summed E-state index contributed by atoms with van der Waals surface area (Å²) in [6, 6.07) is 9.26. The number of carbonyl (C=O) groups is 2. The molecule has 3 atom stereocenters. The standard InChI is InChI=1S/C17H25N3O2/c1-3-13-11-20(12(2)21)10-9-15(13)19-16(17(18)22)14-7-5-4-6-8-14/h4-8,13,15-16,19H,3,9-11H2,1-2H3,(H2,18,22)/t13-,15-,16+/m1/s1. The largest absolute Gasteiger partial charge is 0.368 e. The van der Waals surface area contributed by atoms with Crippen LogP contribution in [0.1, 0.15) is 38.3 Å². The highest BCUT2D eigenvalue weighted by atomic mass is 16.2. The van der Waals surface area contributed by atoms with Gasteiger partial charge in [-0.2, -0.15) is 0 Å². The van der Waals surface area contributed by atoms with Crippen molar-refractivity contribution >= 4 is 11.8 Å². The molecule has 1 saturated heterocycles. The van der Waals surface area contributed by atoms with Crippen LogP contribution in [0.5, 0.6) is 0 Å². The fourth-order valence-corrected chi connectivity index (χ4v) is 3.15. The van der Waals surface area contributed by atoms with Crippen LogP contribution in [0.25, 0.3) is 0 Å². The van der Waals surface area contributed by atoms with Crippen molar-refractivity contribution in [2.75, 3.05) is 13.1 Å². The molecule has 1 aromatic rings. The molecule has 0 saturated carbocycles. The van der Waals surface area contributed by atoms with Crippen LogP contribution in [0.15, 0.2) is 30.3 Å². The van der Waals surface area contributed by atoms with E-state index in [0.717, 1.165) is 31.5 Å². The van der Waals surface area contributed by atoms with Gasteiger partial charge in [-0.15, -0.1) is 0 Å². The summed E-state index contributed by atoms with van der Waals surface area (Å²) in [5.41, 5.74) is 6.47. The highest BCUT2D eigenvalue weighted by molar-refractivity contribution is 5.81. The predicted molar refractivity (Wildman–Crippen MR) is 86.0 cm³/mol. The molecule has 5 heteroatoms. The van der Waals surface area contributed by atoms with Crippen LogP contribution in [-0.4, -0.2) is 35.8 Å². The molecule has 0 unspecified atom stereocenters. The highest BCUT2D eigenvalue weighted by Crippen LogP contribution is 2.23. The number of piperidine rings is 1. The Bertz CT molecular complexity index is 518. The average molecular weight is 303 g/mol. The van der Waals surface area contributed by atoms with E-state index in [4.69, 9.17) is 5.73 Å². The van der Waals surface area contributed by atoms with Crippen LogP contribution in [0.4, 0.5) is 0 Å². The van der Waals surface area contributed by atoms with E-state index >= 15 is 0 Å². The number of rotatable bonds is 5. The maximum Gasteiger partial charge on any atom is 0.239 e. The first-order chi connectivity index (χ1) is 10.5. The summed E-state index contributed by atoms with van der Waals surface area (Å²) < 4.78 is 0. The van der Waals surface area contributed by atoms with Gasteiger partial charge in [-0.25, -0.2) is 0 Å². The molecule has 5 nitrogen and oxygen atoms in total. The third kappa shape index (κ3) is 3.85. The normalized spacial score (nSPS) is 23.1. The summed E-state index contributed by atoms with van der Waals surface area (Å²) in [7, 11) is 0. The molecule has 2 amide bonds. The quantitative estimate of drug-likeness (QED) is 0.864. The molecular formula is C17H25N3O2. The number of amides is 2. The van der Waals surface area contributed by atoms with Gasteiger partial charge >= 0.3 is 0 Å². The number of hydrogen-bond donors (Lipinski definition) is 2. The lowest BCUT2D eigenvalue weighted by Gasteiger charge is -2.39. The SMILES string of the molecule is CC[C@@H]1CN(C(C)=O)CC[C@H]1N[C@H](C(N)=O)c1ccccc1. The van der Waals surface area contributed by atoms with Gasteiger partial charge in [0.1, 0.15) is 6.04 Å². The zero-order chi connectivity index (χ0) is 16.1. The van der Waals surface area contributed by atoms with E-state index in [2.05, 4.69) is 12.2 Å². The Morgan fingerprint density at radius 2 is 2.05 bits per heavy atom. The lowest BCUT2D eigenvalue weighted by atomic mass is 9.88. The minimum absolute atomic E-state index is 0.117. The van der Waals surface area contributed by atoms with E-state index in [0.29, 0.717) is 5.92 Å². The molecule has 120 valence electrons. The Balaban J connectivity index is 2.10. The van der Waals surface area contributed by atoms with Crippen molar-refractivity contribution in [2.24, 2.45) is 11.7 Å². The third-order valence-electron chi connectivity index (χ3n) is 4.50. The van der Waals surface area contributed by atoms with Crippen molar-refractivity contribution in [3.8, 4) is 0 Å². The molecule has 0 radical (unpaired) electrons. The van der Waals surface area contributed by atoms with Crippen LogP contribution < -0.4 is 11.1 Å². The first-order valence-corrected chi connectivity index (χ1v) is 7.88. The molecule has 1 aliphatic rings. The van der Waals surface area contributed by atoms with Gasteiger partial charge in [-0.3, -0.25) is 14.9 Å². The van der Waals surface area contributed by atoms with Gasteiger partial charge in [0.05, 0.1) is 0 Å². The molecule has 2 rings (SSSR count). The van der Waals surface area contributed by atoms with Gasteiger partial charge in [0.15, 0.2) is 0 Å². The average Bonchev–Trinajstić information content (AvgIpc) is 2.52. The van der Waals surface area contributed by atoms with Gasteiger partial charge < -0.3 is 10.6 Å². The summed E-state index contributed by atoms with van der Waals surface area (Å²) in [5.74, 6) is 0.0877. The minimum atomic E-state index is -0.482. The van der Waals surface area contributed by atoms with E-state index in [9.17, 15) is 9.59 Å². The number of benzene rings is 1. The second-order valence-corrected chi connectivity index (χ2v) is 5.94. The number of likely N-dealkylation sites (tertiary alicyclic amines) is 1. The van der Waals surface area contributed by atoms with Gasteiger partial charge in [0.2, 0.25) is 11.8 Å². The molecule has 0 bridgehead atoms. The number of nitrogens with zero attached hydrogens (tertiary/aromatic N) is 1. The van der Waals surface area contributed by atoms with Crippen molar-refractivity contribution in [2.45, 2.75) is 38.8 Å². The molecule has 0 aromatic heterocycles. The zero-order valence-corrected chi connectivity index (χ0v) is 13.3. The number of nitrogens with two attached hydrogens (primary N) is 1. The van der Waals surface area contributed by atoms with E-state index in [1.807, 2.05) is 35.2 Å². The Kier molecular flexibility index (Phi) is 5.55. The van der Waals surface area contributed by atoms with Crippen molar-refractivity contribution < 1.29 is 9.59 Å². The Morgan fingerprint density at radius 3 is 2.59 bits per heavy atom.